The summed E-state index contributed by atoms with van der Waals surface area (Å²) in [6.07, 6.45) is 3.03. The molecule has 24 heavy (non-hydrogen) atoms. The molecule has 128 valence electrons. The van der Waals surface area contributed by atoms with Crippen LogP contribution in [0.15, 0.2) is 39.5 Å². The number of amides is 1. The van der Waals surface area contributed by atoms with Gasteiger partial charge in [-0.1, -0.05) is 18.2 Å². The summed E-state index contributed by atoms with van der Waals surface area (Å²) in [4.78, 5) is 24.0. The number of hydrogen-bond acceptors (Lipinski definition) is 5. The molecular formula is C18H21NO5. The number of rotatable bonds is 7. The first-order valence-electron chi connectivity index (χ1n) is 8.24. The van der Waals surface area contributed by atoms with Crippen molar-refractivity contribution >= 4 is 16.9 Å². The van der Waals surface area contributed by atoms with Crippen LogP contribution in [0.3, 0.4) is 0 Å². The Morgan fingerprint density at radius 2 is 2.21 bits per heavy atom. The van der Waals surface area contributed by atoms with Crippen molar-refractivity contribution in [2.75, 3.05) is 26.4 Å². The summed E-state index contributed by atoms with van der Waals surface area (Å²) < 4.78 is 16.2. The molecule has 1 unspecified atom stereocenters. The van der Waals surface area contributed by atoms with E-state index >= 15 is 0 Å². The zero-order valence-corrected chi connectivity index (χ0v) is 13.5. The number of nitrogens with one attached hydrogen (secondary N) is 1. The molecule has 1 saturated heterocycles. The average molecular weight is 331 g/mol. The van der Waals surface area contributed by atoms with Crippen LogP contribution in [-0.2, 0) is 9.47 Å². The third-order valence-electron chi connectivity index (χ3n) is 3.96. The van der Waals surface area contributed by atoms with Gasteiger partial charge in [0.15, 0.2) is 0 Å². The average Bonchev–Trinajstić information content (AvgIpc) is 3.10. The van der Waals surface area contributed by atoms with Crippen molar-refractivity contribution < 1.29 is 18.7 Å². The Morgan fingerprint density at radius 1 is 1.33 bits per heavy atom. The van der Waals surface area contributed by atoms with Gasteiger partial charge < -0.3 is 19.2 Å². The maximum Gasteiger partial charge on any atom is 0.349 e. The Labute approximate surface area is 139 Å². The van der Waals surface area contributed by atoms with Crippen molar-refractivity contribution in [1.29, 1.82) is 0 Å². The predicted octanol–water partition coefficient (Wildman–Crippen LogP) is 2.11. The van der Waals surface area contributed by atoms with Gasteiger partial charge in [-0.3, -0.25) is 4.79 Å². The molecule has 1 N–H and O–H groups in total. The quantitative estimate of drug-likeness (QED) is 0.621. The van der Waals surface area contributed by atoms with Crippen LogP contribution in [0.4, 0.5) is 0 Å². The molecule has 6 heteroatoms. The number of benzene rings is 1. The van der Waals surface area contributed by atoms with Crippen molar-refractivity contribution in [3.63, 3.8) is 0 Å². The van der Waals surface area contributed by atoms with Crippen LogP contribution in [0.1, 0.15) is 29.6 Å². The van der Waals surface area contributed by atoms with E-state index in [1.165, 1.54) is 0 Å². The molecular weight excluding hydrogens is 310 g/mol. The Morgan fingerprint density at radius 3 is 3.04 bits per heavy atom. The van der Waals surface area contributed by atoms with Gasteiger partial charge in [0.2, 0.25) is 0 Å². The number of carbonyl (C=O) groups excluding carboxylic acids is 1. The van der Waals surface area contributed by atoms with E-state index in [0.717, 1.165) is 24.8 Å². The molecule has 2 heterocycles. The van der Waals surface area contributed by atoms with Crippen LogP contribution in [0.2, 0.25) is 0 Å². The lowest BCUT2D eigenvalue weighted by Crippen LogP contribution is -2.29. The normalized spacial score (nSPS) is 17.2. The summed E-state index contributed by atoms with van der Waals surface area (Å²) in [5.74, 6) is -0.423. The summed E-state index contributed by atoms with van der Waals surface area (Å²) in [6, 6.07) is 8.67. The van der Waals surface area contributed by atoms with Crippen molar-refractivity contribution in [3.05, 3.63) is 46.3 Å². The highest BCUT2D eigenvalue weighted by atomic mass is 16.5. The number of carbonyl (C=O) groups is 1. The zero-order valence-electron chi connectivity index (χ0n) is 13.5. The van der Waals surface area contributed by atoms with Gasteiger partial charge in [-0.25, -0.2) is 4.79 Å². The first-order chi connectivity index (χ1) is 11.7. The summed E-state index contributed by atoms with van der Waals surface area (Å²) in [5.41, 5.74) is -0.128. The van der Waals surface area contributed by atoms with E-state index in [1.54, 1.807) is 24.3 Å². The molecule has 1 aromatic heterocycles. The fourth-order valence-electron chi connectivity index (χ4n) is 2.68. The third-order valence-corrected chi connectivity index (χ3v) is 3.96. The van der Waals surface area contributed by atoms with E-state index in [4.69, 9.17) is 13.9 Å². The van der Waals surface area contributed by atoms with Gasteiger partial charge in [0.25, 0.3) is 5.91 Å². The van der Waals surface area contributed by atoms with Crippen LogP contribution < -0.4 is 10.9 Å². The van der Waals surface area contributed by atoms with Crippen molar-refractivity contribution in [2.45, 2.75) is 25.4 Å². The third kappa shape index (κ3) is 4.21. The smallest absolute Gasteiger partial charge is 0.349 e. The minimum absolute atomic E-state index is 0.0222. The second-order valence-corrected chi connectivity index (χ2v) is 5.80. The molecule has 1 atom stereocenters. The predicted molar refractivity (Wildman–Crippen MR) is 89.2 cm³/mol. The minimum Gasteiger partial charge on any atom is -0.422 e. The maximum absolute atomic E-state index is 12.1. The van der Waals surface area contributed by atoms with Crippen LogP contribution in [0, 0.1) is 0 Å². The number of fused-ring (bicyclic) bond motifs is 1. The second-order valence-electron chi connectivity index (χ2n) is 5.80. The minimum atomic E-state index is -0.624. The molecule has 0 radical (unpaired) electrons. The van der Waals surface area contributed by atoms with E-state index < -0.39 is 11.5 Å². The SMILES string of the molecule is O=C(NCCCOCC1CCCO1)c1cc2ccccc2oc1=O. The highest BCUT2D eigenvalue weighted by molar-refractivity contribution is 5.96. The van der Waals surface area contributed by atoms with Gasteiger partial charge in [0, 0.05) is 25.1 Å². The van der Waals surface area contributed by atoms with E-state index in [-0.39, 0.29) is 11.7 Å². The van der Waals surface area contributed by atoms with Crippen LogP contribution in [0.5, 0.6) is 0 Å². The number of para-hydroxylation sites is 1. The zero-order chi connectivity index (χ0) is 16.8. The molecule has 1 amide bonds. The fraction of sp³-hybridized carbons (Fsp3) is 0.444. The van der Waals surface area contributed by atoms with Crippen LogP contribution in [-0.4, -0.2) is 38.4 Å². The molecule has 0 spiro atoms. The van der Waals surface area contributed by atoms with E-state index in [2.05, 4.69) is 5.32 Å². The maximum atomic E-state index is 12.1. The molecule has 0 aliphatic carbocycles. The van der Waals surface area contributed by atoms with Crippen LogP contribution in [0.25, 0.3) is 11.0 Å². The first kappa shape index (κ1) is 16.7. The number of hydrogen-bond donors (Lipinski definition) is 1. The van der Waals surface area contributed by atoms with Gasteiger partial charge in [-0.05, 0) is 31.4 Å². The molecule has 3 rings (SSSR count). The highest BCUT2D eigenvalue weighted by Crippen LogP contribution is 2.13. The van der Waals surface area contributed by atoms with E-state index in [1.807, 2.05) is 6.07 Å². The Kier molecular flexibility index (Phi) is 5.61. The lowest BCUT2D eigenvalue weighted by molar-refractivity contribution is 0.0166. The summed E-state index contributed by atoms with van der Waals surface area (Å²) in [6.45, 7) is 2.41. The Bertz CT molecular complexity index is 748. The van der Waals surface area contributed by atoms with Crippen molar-refractivity contribution in [3.8, 4) is 0 Å². The second kappa shape index (κ2) is 8.08. The van der Waals surface area contributed by atoms with Gasteiger partial charge in [-0.15, -0.1) is 0 Å². The van der Waals surface area contributed by atoms with E-state index in [0.29, 0.717) is 31.8 Å². The van der Waals surface area contributed by atoms with Gasteiger partial charge in [0.05, 0.1) is 12.7 Å². The fourth-order valence-corrected chi connectivity index (χ4v) is 2.68. The summed E-state index contributed by atoms with van der Waals surface area (Å²) in [5, 5.41) is 3.45. The summed E-state index contributed by atoms with van der Waals surface area (Å²) >= 11 is 0. The first-order valence-corrected chi connectivity index (χ1v) is 8.24. The van der Waals surface area contributed by atoms with Gasteiger partial charge in [0.1, 0.15) is 11.1 Å². The summed E-state index contributed by atoms with van der Waals surface area (Å²) in [7, 11) is 0. The standard InChI is InChI=1S/C18H21NO5/c20-17(19-8-4-9-22-12-14-6-3-10-23-14)15-11-13-5-1-2-7-16(13)24-18(15)21/h1-2,5,7,11,14H,3-4,6,8-10,12H2,(H,19,20). The van der Waals surface area contributed by atoms with Crippen LogP contribution >= 0.6 is 0 Å². The topological polar surface area (TPSA) is 77.8 Å². The van der Waals surface area contributed by atoms with Crippen molar-refractivity contribution in [1.82, 2.24) is 5.32 Å². The molecule has 6 nitrogen and oxygen atoms in total. The molecule has 0 bridgehead atoms. The molecule has 1 aliphatic heterocycles. The number of ether oxygens (including phenoxy) is 2. The lowest BCUT2D eigenvalue weighted by atomic mass is 10.2. The monoisotopic (exact) mass is 331 g/mol. The van der Waals surface area contributed by atoms with Crippen molar-refractivity contribution in [2.24, 2.45) is 0 Å². The highest BCUT2D eigenvalue weighted by Gasteiger charge is 2.15. The van der Waals surface area contributed by atoms with E-state index in [9.17, 15) is 9.59 Å². The molecule has 1 aromatic carbocycles. The Balaban J connectivity index is 1.45. The molecule has 0 saturated carbocycles. The largest absolute Gasteiger partial charge is 0.422 e. The van der Waals surface area contributed by atoms with Gasteiger partial charge >= 0.3 is 5.63 Å². The molecule has 2 aromatic rings. The molecule has 1 aliphatic rings. The Hall–Kier alpha value is -2.18. The van der Waals surface area contributed by atoms with Gasteiger partial charge in [-0.2, -0.15) is 0 Å². The molecule has 1 fully saturated rings. The lowest BCUT2D eigenvalue weighted by Gasteiger charge is -2.10.